The summed E-state index contributed by atoms with van der Waals surface area (Å²) in [5.41, 5.74) is 9.05. The minimum absolute atomic E-state index is 0.397. The first-order valence-electron chi connectivity index (χ1n) is 7.47. The number of rotatable bonds is 3. The number of anilines is 1. The Bertz CT molecular complexity index is 608. The van der Waals surface area contributed by atoms with Crippen LogP contribution < -0.4 is 11.1 Å². The van der Waals surface area contributed by atoms with Gasteiger partial charge in [0, 0.05) is 24.2 Å². The fraction of sp³-hybridized carbons (Fsp3) is 0.500. The van der Waals surface area contributed by atoms with Crippen molar-refractivity contribution in [1.82, 2.24) is 4.98 Å². The quantitative estimate of drug-likeness (QED) is 0.885. The molecule has 3 N–H and O–H groups in total. The third-order valence-electron chi connectivity index (χ3n) is 5.13. The van der Waals surface area contributed by atoms with Crippen LogP contribution in [0.15, 0.2) is 12.3 Å². The van der Waals surface area contributed by atoms with Gasteiger partial charge in [-0.15, -0.1) is 0 Å². The van der Waals surface area contributed by atoms with Crippen molar-refractivity contribution in [1.29, 1.82) is 0 Å². The lowest BCUT2D eigenvalue weighted by atomic mass is 9.94. The maximum absolute atomic E-state index is 11.7. The van der Waals surface area contributed by atoms with Gasteiger partial charge >= 0.3 is 0 Å². The molecule has 3 aliphatic rings. The zero-order valence-corrected chi connectivity index (χ0v) is 11.4. The molecule has 0 saturated heterocycles. The summed E-state index contributed by atoms with van der Waals surface area (Å²) in [6.45, 7) is 0. The Morgan fingerprint density at radius 2 is 2.25 bits per heavy atom. The summed E-state index contributed by atoms with van der Waals surface area (Å²) < 4.78 is 0. The topological polar surface area (TPSA) is 68.0 Å². The molecule has 0 radical (unpaired) electrons. The molecular weight excluding hydrogens is 250 g/mol. The highest BCUT2D eigenvalue weighted by Crippen LogP contribution is 2.46. The largest absolute Gasteiger partial charge is 0.381 e. The van der Waals surface area contributed by atoms with Gasteiger partial charge in [-0.1, -0.05) is 18.6 Å². The van der Waals surface area contributed by atoms with E-state index in [-0.39, 0.29) is 0 Å². The number of nitrogens with zero attached hydrogens (tertiary/aromatic N) is 1. The van der Waals surface area contributed by atoms with Gasteiger partial charge in [-0.2, -0.15) is 0 Å². The lowest BCUT2D eigenvalue weighted by Gasteiger charge is -2.26. The van der Waals surface area contributed by atoms with Gasteiger partial charge in [0.1, 0.15) is 0 Å². The van der Waals surface area contributed by atoms with Crippen molar-refractivity contribution in [3.63, 3.8) is 0 Å². The van der Waals surface area contributed by atoms with Gasteiger partial charge in [0.05, 0.1) is 16.9 Å². The number of aromatic nitrogens is 1. The molecule has 1 amide bonds. The van der Waals surface area contributed by atoms with Gasteiger partial charge in [-0.05, 0) is 31.1 Å². The van der Waals surface area contributed by atoms with E-state index in [1.807, 2.05) is 0 Å². The number of amides is 1. The average molecular weight is 269 g/mol. The van der Waals surface area contributed by atoms with E-state index in [9.17, 15) is 4.79 Å². The highest BCUT2D eigenvalue weighted by molar-refractivity contribution is 6.00. The first kappa shape index (κ1) is 11.9. The van der Waals surface area contributed by atoms with Crippen LogP contribution in [0, 0.1) is 11.8 Å². The Morgan fingerprint density at radius 3 is 2.95 bits per heavy atom. The fourth-order valence-electron chi connectivity index (χ4n) is 4.15. The van der Waals surface area contributed by atoms with Crippen molar-refractivity contribution >= 4 is 17.7 Å². The molecule has 2 fully saturated rings. The van der Waals surface area contributed by atoms with Crippen LogP contribution in [-0.2, 0) is 6.42 Å². The van der Waals surface area contributed by atoms with Gasteiger partial charge in [-0.3, -0.25) is 9.78 Å². The van der Waals surface area contributed by atoms with Gasteiger partial charge in [0.2, 0.25) is 0 Å². The van der Waals surface area contributed by atoms with Crippen LogP contribution in [0.25, 0.3) is 6.08 Å². The van der Waals surface area contributed by atoms with Crippen molar-refractivity contribution in [2.24, 2.45) is 17.6 Å². The zero-order chi connectivity index (χ0) is 13.7. The third-order valence-corrected chi connectivity index (χ3v) is 5.13. The SMILES string of the molecule is NC(=O)c1cnc2c(c1N[C@@H]1C[C@@H]3CC[C@H]1C3)C=CC2. The molecule has 1 aromatic rings. The Morgan fingerprint density at radius 1 is 1.35 bits per heavy atom. The van der Waals surface area contributed by atoms with E-state index in [1.165, 1.54) is 25.7 Å². The third kappa shape index (κ3) is 1.74. The fourth-order valence-corrected chi connectivity index (χ4v) is 4.15. The molecule has 104 valence electrons. The lowest BCUT2D eigenvalue weighted by Crippen LogP contribution is -2.28. The Labute approximate surface area is 118 Å². The zero-order valence-electron chi connectivity index (χ0n) is 11.4. The second-order valence-corrected chi connectivity index (χ2v) is 6.30. The molecule has 4 heteroatoms. The molecule has 0 unspecified atom stereocenters. The summed E-state index contributed by atoms with van der Waals surface area (Å²) in [5.74, 6) is 1.24. The van der Waals surface area contributed by atoms with E-state index in [0.29, 0.717) is 11.6 Å². The van der Waals surface area contributed by atoms with E-state index in [1.54, 1.807) is 6.20 Å². The Kier molecular flexibility index (Phi) is 2.59. The summed E-state index contributed by atoms with van der Waals surface area (Å²) in [6.07, 6.45) is 11.9. The molecule has 4 rings (SSSR count). The van der Waals surface area contributed by atoms with E-state index in [4.69, 9.17) is 5.73 Å². The van der Waals surface area contributed by atoms with Gasteiger partial charge in [0.15, 0.2) is 0 Å². The number of fused-ring (bicyclic) bond motifs is 3. The van der Waals surface area contributed by atoms with E-state index in [0.717, 1.165) is 35.2 Å². The number of primary amides is 1. The monoisotopic (exact) mass is 269 g/mol. The van der Waals surface area contributed by atoms with Crippen LogP contribution in [0.3, 0.4) is 0 Å². The summed E-state index contributed by atoms with van der Waals surface area (Å²) in [4.78, 5) is 16.0. The molecule has 4 nitrogen and oxygen atoms in total. The number of hydrogen-bond donors (Lipinski definition) is 2. The van der Waals surface area contributed by atoms with E-state index >= 15 is 0 Å². The van der Waals surface area contributed by atoms with Crippen LogP contribution >= 0.6 is 0 Å². The number of nitrogens with two attached hydrogens (primary N) is 1. The summed E-state index contributed by atoms with van der Waals surface area (Å²) in [6, 6.07) is 0.493. The van der Waals surface area contributed by atoms with Crippen molar-refractivity contribution in [3.8, 4) is 0 Å². The lowest BCUT2D eigenvalue weighted by molar-refractivity contribution is 0.100. The standard InChI is InChI=1S/C16H19N3O/c17-16(20)12-8-18-13-3-1-2-11(13)15(12)19-14-7-9-4-5-10(14)6-9/h1-2,8-10,14H,3-7H2,(H2,17,20)(H,18,19)/t9-,10+,14-/m1/s1. The minimum atomic E-state index is -0.397. The number of pyridine rings is 1. The molecule has 1 aromatic heterocycles. The van der Waals surface area contributed by atoms with Gasteiger partial charge < -0.3 is 11.1 Å². The Balaban J connectivity index is 1.71. The summed E-state index contributed by atoms with van der Waals surface area (Å²) >= 11 is 0. The molecule has 0 aliphatic heterocycles. The van der Waals surface area contributed by atoms with Crippen LogP contribution in [0.4, 0.5) is 5.69 Å². The minimum Gasteiger partial charge on any atom is -0.381 e. The average Bonchev–Trinajstić information content (AvgIpc) is 3.14. The molecule has 1 heterocycles. The Hall–Kier alpha value is -1.84. The number of hydrogen-bond acceptors (Lipinski definition) is 3. The van der Waals surface area contributed by atoms with E-state index < -0.39 is 5.91 Å². The normalized spacial score (nSPS) is 29.7. The summed E-state index contributed by atoms with van der Waals surface area (Å²) in [7, 11) is 0. The number of nitrogens with one attached hydrogen (secondary N) is 1. The summed E-state index contributed by atoms with van der Waals surface area (Å²) in [5, 5.41) is 3.63. The van der Waals surface area contributed by atoms with Crippen LogP contribution in [-0.4, -0.2) is 16.9 Å². The highest BCUT2D eigenvalue weighted by atomic mass is 16.1. The van der Waals surface area contributed by atoms with Crippen molar-refractivity contribution < 1.29 is 4.79 Å². The molecular formula is C16H19N3O. The maximum Gasteiger partial charge on any atom is 0.252 e. The maximum atomic E-state index is 11.7. The number of allylic oxidation sites excluding steroid dienone is 1. The molecule has 3 atom stereocenters. The number of carbonyl (C=O) groups excluding carboxylic acids is 1. The van der Waals surface area contributed by atoms with Gasteiger partial charge in [-0.25, -0.2) is 0 Å². The predicted molar refractivity (Wildman–Crippen MR) is 78.4 cm³/mol. The van der Waals surface area contributed by atoms with Crippen molar-refractivity contribution in [3.05, 3.63) is 29.1 Å². The molecule has 3 aliphatic carbocycles. The highest BCUT2D eigenvalue weighted by Gasteiger charge is 2.40. The van der Waals surface area contributed by atoms with Crippen molar-refractivity contribution in [2.75, 3.05) is 5.32 Å². The molecule has 0 aromatic carbocycles. The smallest absolute Gasteiger partial charge is 0.252 e. The predicted octanol–water partition coefficient (Wildman–Crippen LogP) is 2.35. The van der Waals surface area contributed by atoms with Crippen LogP contribution in [0.2, 0.25) is 0 Å². The molecule has 2 bridgehead atoms. The second kappa shape index (κ2) is 4.33. The molecule has 20 heavy (non-hydrogen) atoms. The van der Waals surface area contributed by atoms with Crippen LogP contribution in [0.1, 0.15) is 47.3 Å². The van der Waals surface area contributed by atoms with Gasteiger partial charge in [0.25, 0.3) is 5.91 Å². The first-order valence-corrected chi connectivity index (χ1v) is 7.47. The van der Waals surface area contributed by atoms with Crippen LogP contribution in [0.5, 0.6) is 0 Å². The second-order valence-electron chi connectivity index (χ2n) is 6.30. The molecule has 0 spiro atoms. The molecule has 2 saturated carbocycles. The van der Waals surface area contributed by atoms with Crippen molar-refractivity contribution in [2.45, 2.75) is 38.1 Å². The first-order chi connectivity index (χ1) is 9.72. The number of carbonyl (C=O) groups is 1. The van der Waals surface area contributed by atoms with E-state index in [2.05, 4.69) is 22.5 Å².